The van der Waals surface area contributed by atoms with E-state index in [0.717, 1.165) is 35.7 Å². The first-order chi connectivity index (χ1) is 12.8. The van der Waals surface area contributed by atoms with Gasteiger partial charge in [-0.25, -0.2) is 14.4 Å². The highest BCUT2D eigenvalue weighted by atomic mass is 32.1. The fraction of sp³-hybridized carbons (Fsp3) is 0.444. The summed E-state index contributed by atoms with van der Waals surface area (Å²) in [6, 6.07) is 2.63. The normalized spacial score (nSPS) is 12.3. The topological polar surface area (TPSA) is 49.3 Å². The Morgan fingerprint density at radius 3 is 2.67 bits per heavy atom. The van der Waals surface area contributed by atoms with Crippen molar-refractivity contribution in [3.8, 4) is 0 Å². The number of hydrogen-bond donors (Lipinski definition) is 2. The highest BCUT2D eigenvalue weighted by molar-refractivity contribution is 7.09. The molecule has 0 aliphatic rings. The molecule has 0 fully saturated rings. The summed E-state index contributed by atoms with van der Waals surface area (Å²) in [5.41, 5.74) is -0.0711. The summed E-state index contributed by atoms with van der Waals surface area (Å²) in [5, 5.41) is 9.14. The lowest BCUT2D eigenvalue weighted by molar-refractivity contribution is -0.138. The number of nitrogens with one attached hydrogen (secondary N) is 2. The van der Waals surface area contributed by atoms with Crippen molar-refractivity contribution in [2.75, 3.05) is 13.1 Å². The monoisotopic (exact) mass is 402 g/mol. The fourth-order valence-electron chi connectivity index (χ4n) is 2.42. The Bertz CT molecular complexity index is 771. The van der Waals surface area contributed by atoms with Gasteiger partial charge in [-0.1, -0.05) is 6.07 Å². The van der Waals surface area contributed by atoms with E-state index in [9.17, 15) is 17.6 Å². The minimum Gasteiger partial charge on any atom is -0.357 e. The standard InChI is InChI=1S/C18H22F4N4S/c1-3-23-17(24-8-4-5-16-26-12(2)11-27-16)25-10-13-6-7-14(19)9-15(13)18(20,21)22/h6-7,9,11H,3-5,8,10H2,1-2H3,(H2,23,24,25). The third-order valence-electron chi connectivity index (χ3n) is 3.66. The summed E-state index contributed by atoms with van der Waals surface area (Å²) < 4.78 is 52.4. The molecule has 0 bridgehead atoms. The third-order valence-corrected chi connectivity index (χ3v) is 4.68. The summed E-state index contributed by atoms with van der Waals surface area (Å²) in [4.78, 5) is 8.58. The van der Waals surface area contributed by atoms with Crippen molar-refractivity contribution in [3.05, 3.63) is 51.2 Å². The Hall–Kier alpha value is -2.16. The zero-order chi connectivity index (χ0) is 19.9. The van der Waals surface area contributed by atoms with Gasteiger partial charge in [0.05, 0.1) is 17.1 Å². The number of aliphatic imine (C=N–C) groups is 1. The van der Waals surface area contributed by atoms with Gasteiger partial charge < -0.3 is 10.6 Å². The molecular weight excluding hydrogens is 380 g/mol. The van der Waals surface area contributed by atoms with Crippen LogP contribution in [-0.2, 0) is 19.1 Å². The molecule has 148 valence electrons. The summed E-state index contributed by atoms with van der Waals surface area (Å²) in [6.45, 7) is 4.80. The lowest BCUT2D eigenvalue weighted by Gasteiger charge is -2.14. The molecule has 0 unspecified atom stereocenters. The van der Waals surface area contributed by atoms with Crippen LogP contribution in [0.25, 0.3) is 0 Å². The lowest BCUT2D eigenvalue weighted by Crippen LogP contribution is -2.37. The predicted octanol–water partition coefficient (Wildman–Crippen LogP) is 4.30. The molecule has 0 atom stereocenters. The van der Waals surface area contributed by atoms with E-state index >= 15 is 0 Å². The minimum atomic E-state index is -4.62. The second-order valence-corrected chi connectivity index (χ2v) is 6.85. The number of rotatable bonds is 7. The van der Waals surface area contributed by atoms with Gasteiger partial charge in [-0.3, -0.25) is 0 Å². The lowest BCUT2D eigenvalue weighted by atomic mass is 10.1. The fourth-order valence-corrected chi connectivity index (χ4v) is 3.24. The number of aryl methyl sites for hydroxylation is 2. The second kappa shape index (κ2) is 9.68. The van der Waals surface area contributed by atoms with Crippen LogP contribution in [0.1, 0.15) is 35.2 Å². The number of alkyl halides is 3. The smallest absolute Gasteiger partial charge is 0.357 e. The molecule has 4 nitrogen and oxygen atoms in total. The Morgan fingerprint density at radius 2 is 2.04 bits per heavy atom. The van der Waals surface area contributed by atoms with E-state index in [2.05, 4.69) is 20.6 Å². The Labute approximate surface area is 159 Å². The number of aromatic nitrogens is 1. The van der Waals surface area contributed by atoms with Gasteiger partial charge in [0.2, 0.25) is 0 Å². The van der Waals surface area contributed by atoms with Crippen LogP contribution in [0.4, 0.5) is 17.6 Å². The highest BCUT2D eigenvalue weighted by Gasteiger charge is 2.33. The highest BCUT2D eigenvalue weighted by Crippen LogP contribution is 2.32. The van der Waals surface area contributed by atoms with E-state index in [4.69, 9.17) is 0 Å². The van der Waals surface area contributed by atoms with Gasteiger partial charge in [-0.2, -0.15) is 13.2 Å². The van der Waals surface area contributed by atoms with E-state index in [-0.39, 0.29) is 12.1 Å². The number of benzene rings is 1. The maximum absolute atomic E-state index is 13.2. The molecular formula is C18H22F4N4S. The summed E-state index contributed by atoms with van der Waals surface area (Å²) in [7, 11) is 0. The van der Waals surface area contributed by atoms with Gasteiger partial charge >= 0.3 is 6.18 Å². The number of nitrogens with zero attached hydrogens (tertiary/aromatic N) is 2. The summed E-state index contributed by atoms with van der Waals surface area (Å²) in [6.07, 6.45) is -2.98. The maximum Gasteiger partial charge on any atom is 0.416 e. The summed E-state index contributed by atoms with van der Waals surface area (Å²) in [5.74, 6) is -0.497. The van der Waals surface area contributed by atoms with Gasteiger partial charge in [0.15, 0.2) is 5.96 Å². The van der Waals surface area contributed by atoms with E-state index < -0.39 is 17.6 Å². The van der Waals surface area contributed by atoms with Crippen LogP contribution in [0.2, 0.25) is 0 Å². The van der Waals surface area contributed by atoms with Crippen molar-refractivity contribution >= 4 is 17.3 Å². The zero-order valence-corrected chi connectivity index (χ0v) is 16.0. The van der Waals surface area contributed by atoms with Crippen LogP contribution in [0.5, 0.6) is 0 Å². The second-order valence-electron chi connectivity index (χ2n) is 5.91. The zero-order valence-electron chi connectivity index (χ0n) is 15.2. The van der Waals surface area contributed by atoms with Gasteiger partial charge in [0.25, 0.3) is 0 Å². The van der Waals surface area contributed by atoms with Crippen LogP contribution < -0.4 is 10.6 Å². The van der Waals surface area contributed by atoms with Crippen LogP contribution in [0, 0.1) is 12.7 Å². The molecule has 27 heavy (non-hydrogen) atoms. The molecule has 0 aliphatic carbocycles. The number of hydrogen-bond acceptors (Lipinski definition) is 3. The molecule has 0 aliphatic heterocycles. The number of halogens is 4. The van der Waals surface area contributed by atoms with Gasteiger partial charge in [-0.05, 0) is 38.0 Å². The average Bonchev–Trinajstić information content (AvgIpc) is 3.01. The molecule has 0 saturated heterocycles. The molecule has 9 heteroatoms. The molecule has 1 aromatic carbocycles. The number of thiazole rings is 1. The molecule has 1 heterocycles. The molecule has 2 aromatic rings. The Balaban J connectivity index is 1.96. The Kier molecular flexibility index (Phi) is 7.58. The van der Waals surface area contributed by atoms with Crippen LogP contribution in [-0.4, -0.2) is 24.0 Å². The van der Waals surface area contributed by atoms with E-state index in [0.29, 0.717) is 25.1 Å². The van der Waals surface area contributed by atoms with Crippen molar-refractivity contribution in [2.45, 2.75) is 39.4 Å². The van der Waals surface area contributed by atoms with Crippen molar-refractivity contribution in [1.29, 1.82) is 0 Å². The van der Waals surface area contributed by atoms with Crippen molar-refractivity contribution < 1.29 is 17.6 Å². The third kappa shape index (κ3) is 6.82. The van der Waals surface area contributed by atoms with Gasteiger partial charge in [-0.15, -0.1) is 11.3 Å². The molecule has 1 aromatic heterocycles. The molecule has 0 saturated carbocycles. The van der Waals surface area contributed by atoms with Crippen LogP contribution in [0.3, 0.4) is 0 Å². The number of guanidine groups is 1. The van der Waals surface area contributed by atoms with Gasteiger partial charge in [0.1, 0.15) is 5.82 Å². The molecule has 0 amide bonds. The van der Waals surface area contributed by atoms with E-state index in [1.165, 1.54) is 0 Å². The average molecular weight is 402 g/mol. The molecule has 0 spiro atoms. The van der Waals surface area contributed by atoms with Crippen LogP contribution in [0.15, 0.2) is 28.6 Å². The van der Waals surface area contributed by atoms with Crippen molar-refractivity contribution in [3.63, 3.8) is 0 Å². The quantitative estimate of drug-likeness (QED) is 0.314. The molecule has 0 radical (unpaired) electrons. The first-order valence-electron chi connectivity index (χ1n) is 8.58. The molecule has 2 rings (SSSR count). The Morgan fingerprint density at radius 1 is 1.26 bits per heavy atom. The largest absolute Gasteiger partial charge is 0.416 e. The van der Waals surface area contributed by atoms with Crippen LogP contribution >= 0.6 is 11.3 Å². The van der Waals surface area contributed by atoms with Crippen molar-refractivity contribution in [2.24, 2.45) is 4.99 Å². The predicted molar refractivity (Wildman–Crippen MR) is 99.4 cm³/mol. The maximum atomic E-state index is 13.2. The van der Waals surface area contributed by atoms with Gasteiger partial charge in [0, 0.05) is 30.6 Å². The summed E-state index contributed by atoms with van der Waals surface area (Å²) >= 11 is 1.61. The first kappa shape index (κ1) is 21.1. The molecule has 2 N–H and O–H groups in total. The van der Waals surface area contributed by atoms with Crippen molar-refractivity contribution in [1.82, 2.24) is 15.6 Å². The van der Waals surface area contributed by atoms with E-state index in [1.54, 1.807) is 11.3 Å². The SMILES string of the molecule is CCNC(=NCc1ccc(F)cc1C(F)(F)F)NCCCc1nc(C)cs1. The first-order valence-corrected chi connectivity index (χ1v) is 9.46. The van der Waals surface area contributed by atoms with E-state index in [1.807, 2.05) is 19.2 Å². The minimum absolute atomic E-state index is 0.0700.